The van der Waals surface area contributed by atoms with Gasteiger partial charge in [0.05, 0.1) is 18.0 Å². The maximum absolute atomic E-state index is 12.0. The number of benzene rings is 3. The van der Waals surface area contributed by atoms with Crippen LogP contribution < -0.4 is 14.8 Å². The highest BCUT2D eigenvalue weighted by Crippen LogP contribution is 2.36. The Morgan fingerprint density at radius 2 is 1.85 bits per heavy atom. The second-order valence-electron chi connectivity index (χ2n) is 7.94. The summed E-state index contributed by atoms with van der Waals surface area (Å²) in [5, 5.41) is 16.0. The van der Waals surface area contributed by atoms with E-state index >= 15 is 0 Å². The van der Waals surface area contributed by atoms with Crippen molar-refractivity contribution in [1.82, 2.24) is 0 Å². The highest BCUT2D eigenvalue weighted by Gasteiger charge is 2.24. The Bertz CT molecular complexity index is 1270. The number of hydrogen-bond acceptors (Lipinski definition) is 5. The summed E-state index contributed by atoms with van der Waals surface area (Å²) >= 11 is 12.3. The number of fused-ring (bicyclic) bond motifs is 1. The molecule has 0 amide bonds. The van der Waals surface area contributed by atoms with Gasteiger partial charge in [0.1, 0.15) is 11.9 Å². The topological polar surface area (TPSA) is 92.9 Å². The van der Waals surface area contributed by atoms with Crippen LogP contribution in [0.15, 0.2) is 65.6 Å². The first-order chi connectivity index (χ1) is 15.7. The van der Waals surface area contributed by atoms with E-state index in [1.54, 1.807) is 6.07 Å². The molecule has 0 saturated carbocycles. The van der Waals surface area contributed by atoms with E-state index in [2.05, 4.69) is 4.90 Å². The standard InChI is InChI=1S/C24H24Cl2N2O4S/c25-18-2-1-3-20(13-18)28(10-11-29)15-21-7-4-17-12-16(5-8-23(17)32-21)22-14-19(26)6-9-24(22)33(27,30)31/h1-3,5-6,8-9,12-14,21,29H,4,7,10-11,15H2,(H2,27,30,31). The molecule has 0 bridgehead atoms. The Labute approximate surface area is 203 Å². The molecule has 0 fully saturated rings. The number of rotatable bonds is 7. The lowest BCUT2D eigenvalue weighted by Crippen LogP contribution is -2.39. The summed E-state index contributed by atoms with van der Waals surface area (Å²) in [6, 6.07) is 17.6. The maximum atomic E-state index is 12.0. The van der Waals surface area contributed by atoms with E-state index in [1.165, 1.54) is 12.1 Å². The van der Waals surface area contributed by atoms with Gasteiger partial charge in [-0.3, -0.25) is 0 Å². The fraction of sp³-hybridized carbons (Fsp3) is 0.250. The lowest BCUT2D eigenvalue weighted by atomic mass is 9.96. The molecule has 3 N–H and O–H groups in total. The largest absolute Gasteiger partial charge is 0.488 e. The average Bonchev–Trinajstić information content (AvgIpc) is 2.77. The Balaban J connectivity index is 1.57. The molecule has 174 valence electrons. The first kappa shape index (κ1) is 23.9. The smallest absolute Gasteiger partial charge is 0.238 e. The monoisotopic (exact) mass is 506 g/mol. The van der Waals surface area contributed by atoms with E-state index < -0.39 is 10.0 Å². The van der Waals surface area contributed by atoms with Crippen molar-refractivity contribution in [1.29, 1.82) is 0 Å². The number of hydrogen-bond donors (Lipinski definition) is 2. The van der Waals surface area contributed by atoms with E-state index in [1.807, 2.05) is 42.5 Å². The number of aryl methyl sites for hydroxylation is 1. The number of sulfonamides is 1. The second kappa shape index (κ2) is 9.91. The molecule has 33 heavy (non-hydrogen) atoms. The molecule has 3 aromatic carbocycles. The molecule has 9 heteroatoms. The van der Waals surface area contributed by atoms with Crippen LogP contribution in [0.2, 0.25) is 10.0 Å². The van der Waals surface area contributed by atoms with Gasteiger partial charge >= 0.3 is 0 Å². The minimum Gasteiger partial charge on any atom is -0.488 e. The third kappa shape index (κ3) is 5.62. The summed E-state index contributed by atoms with van der Waals surface area (Å²) in [5.74, 6) is 0.754. The van der Waals surface area contributed by atoms with Gasteiger partial charge in [0.2, 0.25) is 10.0 Å². The molecule has 0 aromatic heterocycles. The van der Waals surface area contributed by atoms with Crippen molar-refractivity contribution in [3.8, 4) is 16.9 Å². The molecule has 0 aliphatic carbocycles. The van der Waals surface area contributed by atoms with Gasteiger partial charge in [-0.05, 0) is 72.5 Å². The van der Waals surface area contributed by atoms with Gasteiger partial charge in [-0.1, -0.05) is 35.3 Å². The van der Waals surface area contributed by atoms with Gasteiger partial charge in [-0.2, -0.15) is 0 Å². The maximum Gasteiger partial charge on any atom is 0.238 e. The van der Waals surface area contributed by atoms with Gasteiger partial charge in [-0.15, -0.1) is 0 Å². The molecule has 0 radical (unpaired) electrons. The molecular weight excluding hydrogens is 483 g/mol. The Hall–Kier alpha value is -2.29. The predicted molar refractivity (Wildman–Crippen MR) is 132 cm³/mol. The first-order valence-corrected chi connectivity index (χ1v) is 12.8. The fourth-order valence-electron chi connectivity index (χ4n) is 4.08. The number of aliphatic hydroxyl groups excluding tert-OH is 1. The number of primary sulfonamides is 1. The number of anilines is 1. The van der Waals surface area contributed by atoms with Crippen molar-refractivity contribution in [2.45, 2.75) is 23.8 Å². The minimum atomic E-state index is -3.90. The molecule has 4 rings (SSSR count). The summed E-state index contributed by atoms with van der Waals surface area (Å²) in [6.45, 7) is 1.09. The van der Waals surface area contributed by atoms with Crippen molar-refractivity contribution in [3.63, 3.8) is 0 Å². The zero-order chi connectivity index (χ0) is 23.6. The van der Waals surface area contributed by atoms with Crippen molar-refractivity contribution in [2.24, 2.45) is 5.14 Å². The van der Waals surface area contributed by atoms with Gasteiger partial charge in [0.15, 0.2) is 0 Å². The van der Waals surface area contributed by atoms with Crippen molar-refractivity contribution >= 4 is 38.9 Å². The van der Waals surface area contributed by atoms with Crippen LogP contribution in [-0.4, -0.2) is 39.3 Å². The van der Waals surface area contributed by atoms with Crippen LogP contribution in [0, 0.1) is 0 Å². The lowest BCUT2D eigenvalue weighted by Gasteiger charge is -2.32. The number of halogens is 2. The third-order valence-corrected chi connectivity index (χ3v) is 7.06. The van der Waals surface area contributed by atoms with E-state index in [0.29, 0.717) is 34.3 Å². The summed E-state index contributed by atoms with van der Waals surface area (Å²) in [7, 11) is -3.90. The highest BCUT2D eigenvalue weighted by atomic mass is 35.5. The molecular formula is C24H24Cl2N2O4S. The number of nitrogens with zero attached hydrogens (tertiary/aromatic N) is 1. The van der Waals surface area contributed by atoms with E-state index in [-0.39, 0.29) is 17.6 Å². The Morgan fingerprint density at radius 1 is 1.06 bits per heavy atom. The van der Waals surface area contributed by atoms with E-state index in [4.69, 9.17) is 33.1 Å². The SMILES string of the molecule is NS(=O)(=O)c1ccc(Cl)cc1-c1ccc2c(c1)CCC(CN(CCO)c1cccc(Cl)c1)O2. The van der Waals surface area contributed by atoms with E-state index in [0.717, 1.165) is 29.8 Å². The summed E-state index contributed by atoms with van der Waals surface area (Å²) in [4.78, 5) is 2.09. The van der Waals surface area contributed by atoms with E-state index in [9.17, 15) is 13.5 Å². The molecule has 1 unspecified atom stereocenters. The van der Waals surface area contributed by atoms with Crippen LogP contribution in [0.5, 0.6) is 5.75 Å². The van der Waals surface area contributed by atoms with Crippen molar-refractivity contribution in [2.75, 3.05) is 24.6 Å². The molecule has 1 heterocycles. The minimum absolute atomic E-state index is 0.0190. The van der Waals surface area contributed by atoms with Crippen LogP contribution in [0.3, 0.4) is 0 Å². The van der Waals surface area contributed by atoms with Crippen LogP contribution in [-0.2, 0) is 16.4 Å². The van der Waals surface area contributed by atoms with Gasteiger partial charge in [0.25, 0.3) is 0 Å². The molecule has 1 aliphatic heterocycles. The Kier molecular flexibility index (Phi) is 7.16. The zero-order valence-electron chi connectivity index (χ0n) is 17.7. The third-order valence-electron chi connectivity index (χ3n) is 5.62. The second-order valence-corrected chi connectivity index (χ2v) is 10.3. The number of nitrogens with two attached hydrogens (primary N) is 1. The average molecular weight is 507 g/mol. The first-order valence-electron chi connectivity index (χ1n) is 10.5. The van der Waals surface area contributed by atoms with Gasteiger partial charge < -0.3 is 14.7 Å². The van der Waals surface area contributed by atoms with Crippen molar-refractivity contribution in [3.05, 3.63) is 76.3 Å². The van der Waals surface area contributed by atoms with Crippen LogP contribution in [0.1, 0.15) is 12.0 Å². The fourth-order valence-corrected chi connectivity index (χ4v) is 5.18. The molecule has 0 spiro atoms. The number of ether oxygens (including phenoxy) is 1. The molecule has 6 nitrogen and oxygen atoms in total. The number of aliphatic hydroxyl groups is 1. The normalized spacial score (nSPS) is 15.6. The highest BCUT2D eigenvalue weighted by molar-refractivity contribution is 7.89. The zero-order valence-corrected chi connectivity index (χ0v) is 20.1. The summed E-state index contributed by atoms with van der Waals surface area (Å²) in [5.41, 5.74) is 3.09. The quantitative estimate of drug-likeness (QED) is 0.491. The summed E-state index contributed by atoms with van der Waals surface area (Å²) in [6.07, 6.45) is 1.47. The van der Waals surface area contributed by atoms with Gasteiger partial charge in [-0.25, -0.2) is 13.6 Å². The summed E-state index contributed by atoms with van der Waals surface area (Å²) < 4.78 is 30.3. The van der Waals surface area contributed by atoms with Crippen LogP contribution in [0.4, 0.5) is 5.69 Å². The molecule has 1 atom stereocenters. The van der Waals surface area contributed by atoms with Crippen LogP contribution in [0.25, 0.3) is 11.1 Å². The molecule has 1 aliphatic rings. The Morgan fingerprint density at radius 3 is 2.58 bits per heavy atom. The predicted octanol–water partition coefficient (Wildman–Crippen LogP) is 4.50. The van der Waals surface area contributed by atoms with Crippen molar-refractivity contribution < 1.29 is 18.3 Å². The van der Waals surface area contributed by atoms with Gasteiger partial charge in [0, 0.05) is 27.8 Å². The molecule has 3 aromatic rings. The van der Waals surface area contributed by atoms with Crippen LogP contribution >= 0.6 is 23.2 Å². The molecule has 0 saturated heterocycles. The lowest BCUT2D eigenvalue weighted by molar-refractivity contribution is 0.176.